The van der Waals surface area contributed by atoms with E-state index < -0.39 is 0 Å². The molecule has 2 aliphatic rings. The fourth-order valence-electron chi connectivity index (χ4n) is 3.52. The number of amides is 1. The Morgan fingerprint density at radius 3 is 2.45 bits per heavy atom. The van der Waals surface area contributed by atoms with Crippen molar-refractivity contribution in [2.75, 3.05) is 26.4 Å². The topological polar surface area (TPSA) is 58.6 Å². The predicted molar refractivity (Wildman–Crippen MR) is 78.3 cm³/mol. The highest BCUT2D eigenvalue weighted by atomic mass is 16.5. The first-order valence-corrected chi connectivity index (χ1v) is 7.97. The van der Waals surface area contributed by atoms with Gasteiger partial charge in [0.25, 0.3) is 0 Å². The molecule has 0 unspecified atom stereocenters. The molecular formula is C16H29NO3. The van der Waals surface area contributed by atoms with Gasteiger partial charge in [-0.15, -0.1) is 0 Å². The Morgan fingerprint density at radius 2 is 1.90 bits per heavy atom. The van der Waals surface area contributed by atoms with Crippen molar-refractivity contribution < 1.29 is 14.6 Å². The van der Waals surface area contributed by atoms with E-state index in [4.69, 9.17) is 4.74 Å². The van der Waals surface area contributed by atoms with E-state index in [0.717, 1.165) is 12.8 Å². The molecular weight excluding hydrogens is 254 g/mol. The molecule has 0 aromatic carbocycles. The van der Waals surface area contributed by atoms with Crippen molar-refractivity contribution in [1.29, 1.82) is 0 Å². The SMILES string of the molecule is CC(C)(C(=O)NCC1(CO)CCOCC1)C1CCCC1. The molecule has 0 aromatic rings. The van der Waals surface area contributed by atoms with Gasteiger partial charge in [-0.25, -0.2) is 0 Å². The molecule has 20 heavy (non-hydrogen) atoms. The Morgan fingerprint density at radius 1 is 1.30 bits per heavy atom. The van der Waals surface area contributed by atoms with E-state index in [2.05, 4.69) is 19.2 Å². The van der Waals surface area contributed by atoms with Gasteiger partial charge in [-0.1, -0.05) is 26.7 Å². The summed E-state index contributed by atoms with van der Waals surface area (Å²) in [5.74, 6) is 0.644. The van der Waals surface area contributed by atoms with Gasteiger partial charge in [-0.2, -0.15) is 0 Å². The van der Waals surface area contributed by atoms with Gasteiger partial charge < -0.3 is 15.2 Å². The Labute approximate surface area is 122 Å². The lowest BCUT2D eigenvalue weighted by molar-refractivity contribution is -0.133. The molecule has 1 heterocycles. The van der Waals surface area contributed by atoms with Crippen molar-refractivity contribution in [1.82, 2.24) is 5.32 Å². The second kappa shape index (κ2) is 6.44. The van der Waals surface area contributed by atoms with Crippen molar-refractivity contribution in [3.63, 3.8) is 0 Å². The van der Waals surface area contributed by atoms with E-state index in [1.54, 1.807) is 0 Å². The Kier molecular flexibility index (Phi) is 5.08. The van der Waals surface area contributed by atoms with E-state index in [1.807, 2.05) is 0 Å². The number of carbonyl (C=O) groups excluding carboxylic acids is 1. The van der Waals surface area contributed by atoms with Gasteiger partial charge in [0, 0.05) is 30.6 Å². The summed E-state index contributed by atoms with van der Waals surface area (Å²) in [4.78, 5) is 12.5. The van der Waals surface area contributed by atoms with Gasteiger partial charge in [-0.3, -0.25) is 4.79 Å². The summed E-state index contributed by atoms with van der Waals surface area (Å²) in [7, 11) is 0. The highest BCUT2D eigenvalue weighted by Gasteiger charge is 2.39. The minimum absolute atomic E-state index is 0.125. The number of aliphatic hydroxyl groups excluding tert-OH is 1. The monoisotopic (exact) mass is 283 g/mol. The average molecular weight is 283 g/mol. The number of rotatable bonds is 5. The fraction of sp³-hybridized carbons (Fsp3) is 0.938. The molecule has 1 saturated heterocycles. The number of nitrogens with one attached hydrogen (secondary N) is 1. The van der Waals surface area contributed by atoms with Crippen LogP contribution in [0.5, 0.6) is 0 Å². The fourth-order valence-corrected chi connectivity index (χ4v) is 3.52. The standard InChI is InChI=1S/C16H29NO3/c1-15(2,13-5-3-4-6-13)14(19)17-11-16(12-18)7-9-20-10-8-16/h13,18H,3-12H2,1-2H3,(H,17,19). The van der Waals surface area contributed by atoms with Crippen LogP contribution in [0.4, 0.5) is 0 Å². The van der Waals surface area contributed by atoms with Crippen LogP contribution in [0, 0.1) is 16.7 Å². The van der Waals surface area contributed by atoms with Gasteiger partial charge in [0.15, 0.2) is 0 Å². The molecule has 2 fully saturated rings. The molecule has 2 N–H and O–H groups in total. The van der Waals surface area contributed by atoms with Gasteiger partial charge in [0.05, 0.1) is 6.61 Å². The highest BCUT2D eigenvalue weighted by Crippen LogP contribution is 2.40. The van der Waals surface area contributed by atoms with Crippen LogP contribution in [0.3, 0.4) is 0 Å². The molecule has 1 saturated carbocycles. The zero-order chi connectivity index (χ0) is 14.6. The van der Waals surface area contributed by atoms with Gasteiger partial charge in [-0.05, 0) is 31.6 Å². The Bertz CT molecular complexity index is 329. The first kappa shape index (κ1) is 15.8. The Balaban J connectivity index is 1.90. The lowest BCUT2D eigenvalue weighted by Crippen LogP contribution is -2.48. The molecule has 2 rings (SSSR count). The molecule has 0 spiro atoms. The molecule has 1 aliphatic carbocycles. The van der Waals surface area contributed by atoms with Crippen molar-refractivity contribution in [2.24, 2.45) is 16.7 Å². The normalized spacial score (nSPS) is 23.8. The lowest BCUT2D eigenvalue weighted by Gasteiger charge is -2.37. The first-order chi connectivity index (χ1) is 9.50. The molecule has 116 valence electrons. The van der Waals surface area contributed by atoms with Crippen LogP contribution in [0.25, 0.3) is 0 Å². The number of ether oxygens (including phenoxy) is 1. The number of hydrogen-bond donors (Lipinski definition) is 2. The van der Waals surface area contributed by atoms with Crippen molar-refractivity contribution >= 4 is 5.91 Å². The summed E-state index contributed by atoms with van der Waals surface area (Å²) >= 11 is 0. The number of aliphatic hydroxyl groups is 1. The average Bonchev–Trinajstić information content (AvgIpc) is 3.00. The number of carbonyl (C=O) groups is 1. The summed E-state index contributed by atoms with van der Waals surface area (Å²) in [6, 6.07) is 0. The predicted octanol–water partition coefficient (Wildman–Crippen LogP) is 2.11. The number of hydrogen-bond acceptors (Lipinski definition) is 3. The largest absolute Gasteiger partial charge is 0.396 e. The molecule has 0 radical (unpaired) electrons. The van der Waals surface area contributed by atoms with Crippen LogP contribution in [0.15, 0.2) is 0 Å². The van der Waals surface area contributed by atoms with Gasteiger partial charge in [0.1, 0.15) is 0 Å². The maximum Gasteiger partial charge on any atom is 0.225 e. The first-order valence-electron chi connectivity index (χ1n) is 7.97. The van der Waals surface area contributed by atoms with E-state index in [9.17, 15) is 9.90 Å². The van der Waals surface area contributed by atoms with Crippen molar-refractivity contribution in [3.8, 4) is 0 Å². The van der Waals surface area contributed by atoms with Gasteiger partial charge >= 0.3 is 0 Å². The van der Waals surface area contributed by atoms with Crippen molar-refractivity contribution in [3.05, 3.63) is 0 Å². The van der Waals surface area contributed by atoms with Crippen molar-refractivity contribution in [2.45, 2.75) is 52.4 Å². The van der Waals surface area contributed by atoms with E-state index in [0.29, 0.717) is 25.7 Å². The van der Waals surface area contributed by atoms with Crippen LogP contribution >= 0.6 is 0 Å². The van der Waals surface area contributed by atoms with E-state index >= 15 is 0 Å². The Hall–Kier alpha value is -0.610. The van der Waals surface area contributed by atoms with E-state index in [-0.39, 0.29) is 23.3 Å². The molecule has 1 amide bonds. The van der Waals surface area contributed by atoms with Crippen LogP contribution in [0.2, 0.25) is 0 Å². The molecule has 0 bridgehead atoms. The zero-order valence-electron chi connectivity index (χ0n) is 12.9. The second-order valence-corrected chi connectivity index (χ2v) is 7.16. The van der Waals surface area contributed by atoms with E-state index in [1.165, 1.54) is 25.7 Å². The molecule has 0 aromatic heterocycles. The third kappa shape index (κ3) is 3.34. The summed E-state index contributed by atoms with van der Waals surface area (Å²) in [5, 5.41) is 12.8. The maximum atomic E-state index is 12.5. The minimum Gasteiger partial charge on any atom is -0.396 e. The second-order valence-electron chi connectivity index (χ2n) is 7.16. The summed E-state index contributed by atoms with van der Waals surface area (Å²) in [6.45, 7) is 6.19. The molecule has 0 atom stereocenters. The van der Waals surface area contributed by atoms with Crippen LogP contribution in [-0.4, -0.2) is 37.4 Å². The molecule has 4 heteroatoms. The highest BCUT2D eigenvalue weighted by molar-refractivity contribution is 5.82. The summed E-state index contributed by atoms with van der Waals surface area (Å²) in [5.41, 5.74) is -0.474. The third-order valence-electron chi connectivity index (χ3n) is 5.47. The molecule has 1 aliphatic heterocycles. The molecule has 4 nitrogen and oxygen atoms in total. The van der Waals surface area contributed by atoms with Crippen LogP contribution < -0.4 is 5.32 Å². The third-order valence-corrected chi connectivity index (χ3v) is 5.47. The van der Waals surface area contributed by atoms with Crippen LogP contribution in [0.1, 0.15) is 52.4 Å². The smallest absolute Gasteiger partial charge is 0.225 e. The van der Waals surface area contributed by atoms with Crippen LogP contribution in [-0.2, 0) is 9.53 Å². The summed E-state index contributed by atoms with van der Waals surface area (Å²) in [6.07, 6.45) is 6.48. The minimum atomic E-state index is -0.293. The van der Waals surface area contributed by atoms with Gasteiger partial charge in [0.2, 0.25) is 5.91 Å². The summed E-state index contributed by atoms with van der Waals surface area (Å²) < 4.78 is 5.36. The maximum absolute atomic E-state index is 12.5. The quantitative estimate of drug-likeness (QED) is 0.812. The zero-order valence-corrected chi connectivity index (χ0v) is 12.9. The lowest BCUT2D eigenvalue weighted by atomic mass is 9.76.